The lowest BCUT2D eigenvalue weighted by Crippen LogP contribution is -2.37. The molecule has 2 rings (SSSR count). The van der Waals surface area contributed by atoms with Crippen LogP contribution in [0.15, 0.2) is 18.2 Å². The SMILES string of the molecule is CCCCOCCCNC(=O)NCCc1ccc2c(c1)OCO2. The monoisotopic (exact) mass is 322 g/mol. The van der Waals surface area contributed by atoms with E-state index in [0.717, 1.165) is 49.4 Å². The molecule has 0 atom stereocenters. The summed E-state index contributed by atoms with van der Waals surface area (Å²) in [5, 5.41) is 5.67. The van der Waals surface area contributed by atoms with E-state index in [2.05, 4.69) is 17.6 Å². The summed E-state index contributed by atoms with van der Waals surface area (Å²) in [5.74, 6) is 1.55. The van der Waals surface area contributed by atoms with E-state index in [9.17, 15) is 4.79 Å². The van der Waals surface area contributed by atoms with Gasteiger partial charge in [-0.05, 0) is 37.0 Å². The first-order valence-corrected chi connectivity index (χ1v) is 8.27. The molecule has 0 aromatic heterocycles. The minimum absolute atomic E-state index is 0.140. The highest BCUT2D eigenvalue weighted by Crippen LogP contribution is 2.32. The summed E-state index contributed by atoms with van der Waals surface area (Å²) in [7, 11) is 0. The van der Waals surface area contributed by atoms with E-state index in [0.29, 0.717) is 19.7 Å². The lowest BCUT2D eigenvalue weighted by atomic mass is 10.1. The normalized spacial score (nSPS) is 12.2. The number of rotatable bonds is 10. The molecule has 0 fully saturated rings. The summed E-state index contributed by atoms with van der Waals surface area (Å²) in [5.41, 5.74) is 1.11. The van der Waals surface area contributed by atoms with Gasteiger partial charge in [0.25, 0.3) is 0 Å². The molecule has 0 saturated carbocycles. The number of ether oxygens (including phenoxy) is 3. The highest BCUT2D eigenvalue weighted by molar-refractivity contribution is 5.73. The lowest BCUT2D eigenvalue weighted by molar-refractivity contribution is 0.129. The predicted octanol–water partition coefficient (Wildman–Crippen LogP) is 2.46. The van der Waals surface area contributed by atoms with Crippen LogP contribution < -0.4 is 20.1 Å². The van der Waals surface area contributed by atoms with E-state index in [1.54, 1.807) is 0 Å². The third kappa shape index (κ3) is 6.36. The van der Waals surface area contributed by atoms with Gasteiger partial charge in [0, 0.05) is 26.3 Å². The van der Waals surface area contributed by atoms with Crippen molar-refractivity contribution in [2.75, 3.05) is 33.1 Å². The van der Waals surface area contributed by atoms with Gasteiger partial charge in [0.05, 0.1) is 0 Å². The van der Waals surface area contributed by atoms with Crippen molar-refractivity contribution < 1.29 is 19.0 Å². The zero-order chi connectivity index (χ0) is 16.3. The number of urea groups is 1. The molecule has 1 aromatic rings. The highest BCUT2D eigenvalue weighted by atomic mass is 16.7. The number of carbonyl (C=O) groups is 1. The van der Waals surface area contributed by atoms with Crippen molar-refractivity contribution in [2.45, 2.75) is 32.6 Å². The van der Waals surface area contributed by atoms with Crippen molar-refractivity contribution in [1.29, 1.82) is 0 Å². The molecule has 6 heteroatoms. The molecule has 2 N–H and O–H groups in total. The number of unbranched alkanes of at least 4 members (excludes halogenated alkanes) is 1. The first-order chi connectivity index (χ1) is 11.3. The van der Waals surface area contributed by atoms with Crippen LogP contribution in [0.5, 0.6) is 11.5 Å². The van der Waals surface area contributed by atoms with Gasteiger partial charge in [-0.3, -0.25) is 0 Å². The number of amides is 2. The van der Waals surface area contributed by atoms with Crippen LogP contribution in [0.25, 0.3) is 0 Å². The van der Waals surface area contributed by atoms with Gasteiger partial charge in [-0.25, -0.2) is 4.79 Å². The first-order valence-electron chi connectivity index (χ1n) is 8.27. The van der Waals surface area contributed by atoms with Gasteiger partial charge in [0.15, 0.2) is 11.5 Å². The molecular formula is C17H26N2O4. The number of nitrogens with one attached hydrogen (secondary N) is 2. The minimum Gasteiger partial charge on any atom is -0.454 e. The Morgan fingerprint density at radius 1 is 1.13 bits per heavy atom. The smallest absolute Gasteiger partial charge is 0.314 e. The third-order valence-corrected chi connectivity index (χ3v) is 3.53. The maximum atomic E-state index is 11.6. The zero-order valence-corrected chi connectivity index (χ0v) is 13.7. The Hall–Kier alpha value is -1.95. The fourth-order valence-corrected chi connectivity index (χ4v) is 2.20. The van der Waals surface area contributed by atoms with E-state index in [1.807, 2.05) is 18.2 Å². The van der Waals surface area contributed by atoms with Gasteiger partial charge in [0.1, 0.15) is 0 Å². The Bertz CT molecular complexity index is 493. The van der Waals surface area contributed by atoms with Crippen LogP contribution in [0.3, 0.4) is 0 Å². The van der Waals surface area contributed by atoms with Gasteiger partial charge in [-0.15, -0.1) is 0 Å². The topological polar surface area (TPSA) is 68.8 Å². The molecule has 1 heterocycles. The van der Waals surface area contributed by atoms with Crippen molar-refractivity contribution in [2.24, 2.45) is 0 Å². The summed E-state index contributed by atoms with van der Waals surface area (Å²) in [4.78, 5) is 11.6. The van der Waals surface area contributed by atoms with Crippen molar-refractivity contribution in [3.63, 3.8) is 0 Å². The summed E-state index contributed by atoms with van der Waals surface area (Å²) in [6.07, 6.45) is 3.82. The predicted molar refractivity (Wildman–Crippen MR) is 88.0 cm³/mol. The number of fused-ring (bicyclic) bond motifs is 1. The van der Waals surface area contributed by atoms with Crippen LogP contribution in [-0.2, 0) is 11.2 Å². The number of benzene rings is 1. The largest absolute Gasteiger partial charge is 0.454 e. The fourth-order valence-electron chi connectivity index (χ4n) is 2.20. The number of hydrogen-bond acceptors (Lipinski definition) is 4. The molecule has 0 aliphatic carbocycles. The van der Waals surface area contributed by atoms with Crippen molar-refractivity contribution >= 4 is 6.03 Å². The van der Waals surface area contributed by atoms with Crippen molar-refractivity contribution in [3.8, 4) is 11.5 Å². The maximum absolute atomic E-state index is 11.6. The summed E-state index contributed by atoms with van der Waals surface area (Å²) < 4.78 is 16.0. The Kier molecular flexibility index (Phi) is 7.52. The van der Waals surface area contributed by atoms with Crippen LogP contribution in [0.1, 0.15) is 31.7 Å². The van der Waals surface area contributed by atoms with E-state index in [4.69, 9.17) is 14.2 Å². The molecule has 0 bridgehead atoms. The molecule has 0 saturated heterocycles. The molecule has 1 aromatic carbocycles. The van der Waals surface area contributed by atoms with Crippen LogP contribution in [0.4, 0.5) is 4.79 Å². The molecule has 0 radical (unpaired) electrons. The van der Waals surface area contributed by atoms with Crippen molar-refractivity contribution in [3.05, 3.63) is 23.8 Å². The maximum Gasteiger partial charge on any atom is 0.314 e. The number of carbonyl (C=O) groups excluding carboxylic acids is 1. The average Bonchev–Trinajstić information content (AvgIpc) is 3.02. The summed E-state index contributed by atoms with van der Waals surface area (Å²) >= 11 is 0. The summed E-state index contributed by atoms with van der Waals surface area (Å²) in [6.45, 7) is 5.12. The second-order valence-corrected chi connectivity index (χ2v) is 5.44. The second-order valence-electron chi connectivity index (χ2n) is 5.44. The lowest BCUT2D eigenvalue weighted by Gasteiger charge is -2.08. The Labute approximate surface area is 137 Å². The molecule has 23 heavy (non-hydrogen) atoms. The fraction of sp³-hybridized carbons (Fsp3) is 0.588. The van der Waals surface area contributed by atoms with E-state index >= 15 is 0 Å². The first kappa shape index (κ1) is 17.4. The molecule has 0 unspecified atom stereocenters. The quantitative estimate of drug-likeness (QED) is 0.649. The molecule has 128 valence electrons. The molecular weight excluding hydrogens is 296 g/mol. The van der Waals surface area contributed by atoms with Gasteiger partial charge in [0.2, 0.25) is 6.79 Å². The van der Waals surface area contributed by atoms with Crippen LogP contribution >= 0.6 is 0 Å². The van der Waals surface area contributed by atoms with Gasteiger partial charge in [-0.1, -0.05) is 19.4 Å². The van der Waals surface area contributed by atoms with Crippen LogP contribution in [0.2, 0.25) is 0 Å². The van der Waals surface area contributed by atoms with Crippen LogP contribution in [0, 0.1) is 0 Å². The molecule has 0 spiro atoms. The van der Waals surface area contributed by atoms with E-state index < -0.39 is 0 Å². The van der Waals surface area contributed by atoms with E-state index in [-0.39, 0.29) is 12.8 Å². The Morgan fingerprint density at radius 3 is 2.78 bits per heavy atom. The molecule has 6 nitrogen and oxygen atoms in total. The van der Waals surface area contributed by atoms with Gasteiger partial charge < -0.3 is 24.8 Å². The van der Waals surface area contributed by atoms with Crippen molar-refractivity contribution in [1.82, 2.24) is 10.6 Å². The number of hydrogen-bond donors (Lipinski definition) is 2. The minimum atomic E-state index is -0.140. The highest BCUT2D eigenvalue weighted by Gasteiger charge is 2.12. The summed E-state index contributed by atoms with van der Waals surface area (Å²) in [6, 6.07) is 5.70. The van der Waals surface area contributed by atoms with E-state index in [1.165, 1.54) is 0 Å². The average molecular weight is 322 g/mol. The third-order valence-electron chi connectivity index (χ3n) is 3.53. The molecule has 1 aliphatic heterocycles. The van der Waals surface area contributed by atoms with Gasteiger partial charge >= 0.3 is 6.03 Å². The molecule has 1 aliphatic rings. The van der Waals surface area contributed by atoms with Crippen LogP contribution in [-0.4, -0.2) is 39.1 Å². The zero-order valence-electron chi connectivity index (χ0n) is 13.7. The standard InChI is InChI=1S/C17H26N2O4/c1-2-3-10-21-11-4-8-18-17(20)19-9-7-14-5-6-15-16(12-14)23-13-22-15/h5-6,12H,2-4,7-11,13H2,1H3,(H2,18,19,20). The van der Waals surface area contributed by atoms with Gasteiger partial charge in [-0.2, -0.15) is 0 Å². The molecule has 2 amide bonds. The Balaban J connectivity index is 1.51. The second kappa shape index (κ2) is 9.94. The Morgan fingerprint density at radius 2 is 1.91 bits per heavy atom.